The van der Waals surface area contributed by atoms with E-state index < -0.39 is 6.04 Å². The van der Waals surface area contributed by atoms with E-state index in [1.54, 1.807) is 29.0 Å². The average molecular weight is 396 g/mol. The summed E-state index contributed by atoms with van der Waals surface area (Å²) in [5.74, 6) is 0.925. The molecule has 2 bridgehead atoms. The van der Waals surface area contributed by atoms with Gasteiger partial charge in [-0.1, -0.05) is 30.3 Å². The summed E-state index contributed by atoms with van der Waals surface area (Å²) in [6, 6.07) is 16.1. The molecule has 2 heterocycles. The van der Waals surface area contributed by atoms with Gasteiger partial charge < -0.3 is 24.0 Å². The number of para-hydroxylation sites is 3. The van der Waals surface area contributed by atoms with Crippen molar-refractivity contribution >= 4 is 17.5 Å². The molecular weight excluding hydrogens is 372 g/mol. The number of likely N-dealkylation sites (tertiary alicyclic amines) is 1. The van der Waals surface area contributed by atoms with E-state index in [0.29, 0.717) is 43.3 Å². The molecule has 0 N–H and O–H groups in total. The summed E-state index contributed by atoms with van der Waals surface area (Å²) in [5, 5.41) is 0. The maximum Gasteiger partial charge on any atom is 0.261 e. The van der Waals surface area contributed by atoms with Gasteiger partial charge in [0.25, 0.3) is 5.91 Å². The Kier molecular flexibility index (Phi) is 5.67. The largest absolute Gasteiger partial charge is 0.486 e. The van der Waals surface area contributed by atoms with Crippen molar-refractivity contribution in [3.8, 4) is 11.5 Å². The van der Waals surface area contributed by atoms with Gasteiger partial charge in [-0.15, -0.1) is 0 Å². The Morgan fingerprint density at radius 2 is 1.90 bits per heavy atom. The molecule has 2 aliphatic rings. The van der Waals surface area contributed by atoms with Crippen LogP contribution in [-0.4, -0.2) is 62.3 Å². The maximum atomic E-state index is 13.4. The molecule has 2 atom stereocenters. The van der Waals surface area contributed by atoms with Crippen LogP contribution in [0.1, 0.15) is 6.42 Å². The quantitative estimate of drug-likeness (QED) is 0.748. The minimum atomic E-state index is -0.572. The lowest BCUT2D eigenvalue weighted by Gasteiger charge is -2.31. The number of anilines is 1. The van der Waals surface area contributed by atoms with Crippen molar-refractivity contribution in [2.45, 2.75) is 18.6 Å². The van der Waals surface area contributed by atoms with Gasteiger partial charge in [0.05, 0.1) is 18.8 Å². The van der Waals surface area contributed by atoms with Crippen LogP contribution in [0.15, 0.2) is 54.6 Å². The third kappa shape index (κ3) is 4.05. The zero-order valence-electron chi connectivity index (χ0n) is 16.3. The van der Waals surface area contributed by atoms with Gasteiger partial charge in [-0.25, -0.2) is 0 Å². The van der Waals surface area contributed by atoms with Crippen LogP contribution >= 0.6 is 0 Å². The predicted octanol–water partition coefficient (Wildman–Crippen LogP) is 2.11. The topological polar surface area (TPSA) is 68.3 Å². The van der Waals surface area contributed by atoms with Crippen LogP contribution in [0.3, 0.4) is 0 Å². The summed E-state index contributed by atoms with van der Waals surface area (Å²) in [6.07, 6.45) is 0.239. The molecule has 7 heteroatoms. The minimum absolute atomic E-state index is 0.117. The van der Waals surface area contributed by atoms with Gasteiger partial charge in [0.15, 0.2) is 6.61 Å². The first kappa shape index (κ1) is 19.3. The molecule has 2 unspecified atom stereocenters. The standard InChI is InChI=1S/C22H24N2O5/c1-27-12-11-23-18-9-5-6-10-20(18)29-17-13-19(22(23)26)24(14-17)21(25)15-28-16-7-3-2-4-8-16/h2-10,17,19H,11-15H2,1H3. The molecule has 0 spiro atoms. The summed E-state index contributed by atoms with van der Waals surface area (Å²) in [6.45, 7) is 1.02. The highest BCUT2D eigenvalue weighted by molar-refractivity contribution is 6.01. The highest BCUT2D eigenvalue weighted by atomic mass is 16.5. The predicted molar refractivity (Wildman–Crippen MR) is 107 cm³/mol. The van der Waals surface area contributed by atoms with Gasteiger partial charge in [-0.2, -0.15) is 0 Å². The highest BCUT2D eigenvalue weighted by Gasteiger charge is 2.44. The molecule has 0 aromatic heterocycles. The summed E-state index contributed by atoms with van der Waals surface area (Å²) < 4.78 is 16.9. The third-order valence-corrected chi connectivity index (χ3v) is 5.21. The van der Waals surface area contributed by atoms with Crippen LogP contribution in [0, 0.1) is 0 Å². The lowest BCUT2D eigenvalue weighted by molar-refractivity contribution is -0.139. The number of benzene rings is 2. The number of hydrogen-bond donors (Lipinski definition) is 0. The molecule has 2 amide bonds. The van der Waals surface area contributed by atoms with Gasteiger partial charge >= 0.3 is 0 Å². The summed E-state index contributed by atoms with van der Waals surface area (Å²) in [4.78, 5) is 29.5. The Bertz CT molecular complexity index is 873. The normalized spacial score (nSPS) is 20.5. The Morgan fingerprint density at radius 3 is 2.69 bits per heavy atom. The van der Waals surface area contributed by atoms with E-state index in [1.165, 1.54) is 0 Å². The van der Waals surface area contributed by atoms with Crippen LogP contribution in [-0.2, 0) is 14.3 Å². The third-order valence-electron chi connectivity index (χ3n) is 5.21. The van der Waals surface area contributed by atoms with Crippen molar-refractivity contribution in [3.05, 3.63) is 54.6 Å². The SMILES string of the molecule is COCCN1C(=O)C2CC(CN2C(=O)COc2ccccc2)Oc2ccccc21. The maximum absolute atomic E-state index is 13.4. The number of nitrogens with zero attached hydrogens (tertiary/aromatic N) is 2. The number of methoxy groups -OCH3 is 1. The number of hydrogen-bond acceptors (Lipinski definition) is 5. The van der Waals surface area contributed by atoms with Gasteiger partial charge in [0.2, 0.25) is 5.91 Å². The lowest BCUT2D eigenvalue weighted by atomic mass is 10.1. The molecular formula is C22H24N2O5. The van der Waals surface area contributed by atoms with Crippen molar-refractivity contribution in [3.63, 3.8) is 0 Å². The number of fused-ring (bicyclic) bond motifs is 3. The molecule has 2 aromatic carbocycles. The van der Waals surface area contributed by atoms with Crippen LogP contribution in [0.4, 0.5) is 5.69 Å². The Labute approximate surface area is 169 Å². The molecule has 2 aromatic rings. The summed E-state index contributed by atoms with van der Waals surface area (Å²) >= 11 is 0. The number of amides is 2. The fraction of sp³-hybridized carbons (Fsp3) is 0.364. The van der Waals surface area contributed by atoms with E-state index in [-0.39, 0.29) is 24.5 Å². The number of carbonyl (C=O) groups is 2. The van der Waals surface area contributed by atoms with E-state index in [2.05, 4.69) is 0 Å². The van der Waals surface area contributed by atoms with Crippen molar-refractivity contribution < 1.29 is 23.8 Å². The molecule has 0 saturated carbocycles. The molecule has 152 valence electrons. The van der Waals surface area contributed by atoms with E-state index >= 15 is 0 Å². The van der Waals surface area contributed by atoms with Crippen LogP contribution in [0.5, 0.6) is 11.5 Å². The Balaban J connectivity index is 1.55. The zero-order valence-corrected chi connectivity index (χ0v) is 16.3. The lowest BCUT2D eigenvalue weighted by Crippen LogP contribution is -2.50. The van der Waals surface area contributed by atoms with Crippen molar-refractivity contribution in [1.82, 2.24) is 4.90 Å². The molecule has 1 saturated heterocycles. The van der Waals surface area contributed by atoms with Crippen LogP contribution in [0.2, 0.25) is 0 Å². The van der Waals surface area contributed by atoms with Crippen molar-refractivity contribution in [2.75, 3.05) is 38.3 Å². The molecule has 7 nitrogen and oxygen atoms in total. The second-order valence-electron chi connectivity index (χ2n) is 7.09. The summed E-state index contributed by atoms with van der Waals surface area (Å²) in [5.41, 5.74) is 0.707. The second-order valence-corrected chi connectivity index (χ2v) is 7.09. The van der Waals surface area contributed by atoms with Gasteiger partial charge in [-0.05, 0) is 24.3 Å². The van der Waals surface area contributed by atoms with Crippen molar-refractivity contribution in [1.29, 1.82) is 0 Å². The van der Waals surface area contributed by atoms with E-state index in [0.717, 1.165) is 0 Å². The van der Waals surface area contributed by atoms with Crippen molar-refractivity contribution in [2.24, 2.45) is 0 Å². The molecule has 0 aliphatic carbocycles. The molecule has 29 heavy (non-hydrogen) atoms. The molecule has 1 fully saturated rings. The smallest absolute Gasteiger partial charge is 0.261 e. The van der Waals surface area contributed by atoms with Gasteiger partial charge in [0.1, 0.15) is 23.6 Å². The zero-order chi connectivity index (χ0) is 20.2. The number of ether oxygens (including phenoxy) is 3. The first-order valence-electron chi connectivity index (χ1n) is 9.70. The fourth-order valence-electron chi connectivity index (χ4n) is 3.81. The van der Waals surface area contributed by atoms with E-state index in [9.17, 15) is 9.59 Å². The van der Waals surface area contributed by atoms with Crippen LogP contribution in [0.25, 0.3) is 0 Å². The summed E-state index contributed by atoms with van der Waals surface area (Å²) in [7, 11) is 1.60. The average Bonchev–Trinajstić information content (AvgIpc) is 3.18. The fourth-order valence-corrected chi connectivity index (χ4v) is 3.81. The number of rotatable bonds is 6. The van der Waals surface area contributed by atoms with E-state index in [1.807, 2.05) is 42.5 Å². The highest BCUT2D eigenvalue weighted by Crippen LogP contribution is 2.36. The first-order valence-corrected chi connectivity index (χ1v) is 9.70. The molecule has 0 radical (unpaired) electrons. The molecule has 2 aliphatic heterocycles. The van der Waals surface area contributed by atoms with Gasteiger partial charge in [-0.3, -0.25) is 9.59 Å². The monoisotopic (exact) mass is 396 g/mol. The minimum Gasteiger partial charge on any atom is -0.486 e. The number of carbonyl (C=O) groups excluding carboxylic acids is 2. The van der Waals surface area contributed by atoms with Crippen LogP contribution < -0.4 is 14.4 Å². The van der Waals surface area contributed by atoms with E-state index in [4.69, 9.17) is 14.2 Å². The second kappa shape index (κ2) is 8.53. The Hall–Kier alpha value is -3.06. The first-order chi connectivity index (χ1) is 14.2. The Morgan fingerprint density at radius 1 is 1.14 bits per heavy atom. The van der Waals surface area contributed by atoms with Gasteiger partial charge in [0, 0.05) is 20.1 Å². The molecule has 4 rings (SSSR count).